The highest BCUT2D eigenvalue weighted by Gasteiger charge is 2.42. The highest BCUT2D eigenvalue weighted by Crippen LogP contribution is 2.28. The number of benzene rings is 1. The van der Waals surface area contributed by atoms with Crippen molar-refractivity contribution in [3.8, 4) is 0 Å². The number of nitrogens with one attached hydrogen (secondary N) is 2. The molecule has 3 atom stereocenters. The Morgan fingerprint density at radius 2 is 1.56 bits per heavy atom. The Labute approximate surface area is 203 Å². The second-order valence-electron chi connectivity index (χ2n) is 10.2. The van der Waals surface area contributed by atoms with Gasteiger partial charge >= 0.3 is 5.97 Å². The normalized spacial score (nSPS) is 15.4. The number of aliphatic carboxylic acids is 1. The SMILES string of the molecule is CN[C@H](C(=O)N[C@H](C(=O)N(C)[C@H](C=C(C)C(=O)O)C(C)C)C(C)(C)O)C(C)(C)c1ccccc1. The third-order valence-corrected chi connectivity index (χ3v) is 6.27. The van der Waals surface area contributed by atoms with Crippen molar-refractivity contribution in [1.82, 2.24) is 15.5 Å². The minimum absolute atomic E-state index is 0.0940. The molecule has 0 radical (unpaired) electrons. The van der Waals surface area contributed by atoms with E-state index >= 15 is 0 Å². The van der Waals surface area contributed by atoms with Crippen molar-refractivity contribution in [2.75, 3.05) is 14.1 Å². The first-order valence-corrected chi connectivity index (χ1v) is 11.5. The summed E-state index contributed by atoms with van der Waals surface area (Å²) in [7, 11) is 3.23. The number of aliphatic hydroxyl groups is 1. The number of hydrogen-bond donors (Lipinski definition) is 4. The molecule has 0 aliphatic carbocycles. The van der Waals surface area contributed by atoms with Crippen LogP contribution in [0.5, 0.6) is 0 Å². The minimum Gasteiger partial charge on any atom is -0.478 e. The van der Waals surface area contributed by atoms with Crippen molar-refractivity contribution in [2.24, 2.45) is 5.92 Å². The van der Waals surface area contributed by atoms with Gasteiger partial charge in [-0.1, -0.05) is 64.1 Å². The standard InChI is InChI=1S/C26H41N3O5/c1-16(2)19(15-17(3)24(32)33)29(9)23(31)21(26(6,7)34)28-22(30)20(27-8)25(4,5)18-13-11-10-12-14-18/h10-16,19-21,27,34H,1-9H3,(H,28,30)(H,32,33)/t19-,20-,21-/m1/s1. The van der Waals surface area contributed by atoms with Crippen molar-refractivity contribution < 1.29 is 24.6 Å². The molecule has 4 N–H and O–H groups in total. The van der Waals surface area contributed by atoms with Gasteiger partial charge < -0.3 is 25.7 Å². The van der Waals surface area contributed by atoms with Crippen molar-refractivity contribution in [1.29, 1.82) is 0 Å². The average molecular weight is 476 g/mol. The third kappa shape index (κ3) is 7.14. The van der Waals surface area contributed by atoms with Crippen molar-refractivity contribution in [2.45, 2.75) is 77.6 Å². The van der Waals surface area contributed by atoms with Crippen LogP contribution in [0.2, 0.25) is 0 Å². The van der Waals surface area contributed by atoms with Gasteiger partial charge in [0.05, 0.1) is 17.7 Å². The van der Waals surface area contributed by atoms with Crippen LogP contribution in [0, 0.1) is 5.92 Å². The second kappa shape index (κ2) is 11.6. The van der Waals surface area contributed by atoms with Gasteiger partial charge in [-0.3, -0.25) is 9.59 Å². The van der Waals surface area contributed by atoms with Gasteiger partial charge in [-0.15, -0.1) is 0 Å². The van der Waals surface area contributed by atoms with E-state index in [0.29, 0.717) is 0 Å². The number of likely N-dealkylation sites (N-methyl/N-ethyl adjacent to an activating group) is 2. The van der Waals surface area contributed by atoms with E-state index in [2.05, 4.69) is 10.6 Å². The zero-order valence-electron chi connectivity index (χ0n) is 21.8. The van der Waals surface area contributed by atoms with E-state index in [1.807, 2.05) is 58.0 Å². The van der Waals surface area contributed by atoms with Crippen LogP contribution in [-0.4, -0.2) is 70.7 Å². The predicted octanol–water partition coefficient (Wildman–Crippen LogP) is 2.32. The summed E-state index contributed by atoms with van der Waals surface area (Å²) in [6.45, 7) is 12.0. The first-order valence-electron chi connectivity index (χ1n) is 11.5. The lowest BCUT2D eigenvalue weighted by Crippen LogP contribution is -2.64. The molecule has 190 valence electrons. The lowest BCUT2D eigenvalue weighted by Gasteiger charge is -2.39. The molecule has 2 amide bonds. The number of carboxylic acids is 1. The zero-order valence-corrected chi connectivity index (χ0v) is 21.8. The molecule has 1 rings (SSSR count). The Morgan fingerprint density at radius 1 is 1.03 bits per heavy atom. The van der Waals surface area contributed by atoms with E-state index in [0.717, 1.165) is 5.56 Å². The monoisotopic (exact) mass is 475 g/mol. The smallest absolute Gasteiger partial charge is 0.331 e. The van der Waals surface area contributed by atoms with E-state index in [-0.39, 0.29) is 11.5 Å². The fourth-order valence-electron chi connectivity index (χ4n) is 4.05. The summed E-state index contributed by atoms with van der Waals surface area (Å²) in [5, 5.41) is 25.9. The first-order chi connectivity index (χ1) is 15.5. The molecular formula is C26H41N3O5. The second-order valence-corrected chi connectivity index (χ2v) is 10.2. The fourth-order valence-corrected chi connectivity index (χ4v) is 4.05. The van der Waals surface area contributed by atoms with Gasteiger partial charge in [0, 0.05) is 18.0 Å². The summed E-state index contributed by atoms with van der Waals surface area (Å²) >= 11 is 0. The van der Waals surface area contributed by atoms with E-state index in [4.69, 9.17) is 0 Å². The lowest BCUT2D eigenvalue weighted by atomic mass is 9.77. The predicted molar refractivity (Wildman–Crippen MR) is 133 cm³/mol. The van der Waals surface area contributed by atoms with Gasteiger partial charge in [0.1, 0.15) is 6.04 Å². The molecule has 0 saturated carbocycles. The van der Waals surface area contributed by atoms with Gasteiger partial charge in [0.25, 0.3) is 0 Å². The number of rotatable bonds is 11. The summed E-state index contributed by atoms with van der Waals surface area (Å²) in [5.74, 6) is -2.10. The summed E-state index contributed by atoms with van der Waals surface area (Å²) < 4.78 is 0. The third-order valence-electron chi connectivity index (χ3n) is 6.27. The Balaban J connectivity index is 3.29. The highest BCUT2D eigenvalue weighted by molar-refractivity contribution is 5.92. The molecular weight excluding hydrogens is 434 g/mol. The van der Waals surface area contributed by atoms with Gasteiger partial charge in [0.2, 0.25) is 11.8 Å². The molecule has 0 spiro atoms. The maximum absolute atomic E-state index is 13.5. The van der Waals surface area contributed by atoms with Crippen LogP contribution in [0.1, 0.15) is 54.0 Å². The quantitative estimate of drug-likeness (QED) is 0.365. The Kier molecular flexibility index (Phi) is 10.0. The first kappa shape index (κ1) is 29.3. The van der Waals surface area contributed by atoms with Crippen molar-refractivity contribution in [3.05, 3.63) is 47.5 Å². The largest absolute Gasteiger partial charge is 0.478 e. The molecule has 0 fully saturated rings. The topological polar surface area (TPSA) is 119 Å². The highest BCUT2D eigenvalue weighted by atomic mass is 16.4. The fraction of sp³-hybridized carbons (Fsp3) is 0.577. The van der Waals surface area contributed by atoms with E-state index < -0.39 is 46.9 Å². The molecule has 0 aliphatic rings. The van der Waals surface area contributed by atoms with Crippen molar-refractivity contribution in [3.63, 3.8) is 0 Å². The number of carbonyl (C=O) groups excluding carboxylic acids is 2. The molecule has 0 aromatic heterocycles. The molecule has 0 heterocycles. The molecule has 8 nitrogen and oxygen atoms in total. The summed E-state index contributed by atoms with van der Waals surface area (Å²) in [5.41, 5.74) is -1.12. The molecule has 0 unspecified atom stereocenters. The Morgan fingerprint density at radius 3 is 1.97 bits per heavy atom. The van der Waals surface area contributed by atoms with Crippen LogP contribution in [0.3, 0.4) is 0 Å². The maximum atomic E-state index is 13.5. The molecule has 0 saturated heterocycles. The molecule has 1 aromatic rings. The van der Waals surface area contributed by atoms with Crippen molar-refractivity contribution >= 4 is 17.8 Å². The van der Waals surface area contributed by atoms with Crippen LogP contribution in [-0.2, 0) is 19.8 Å². The van der Waals surface area contributed by atoms with Crippen LogP contribution < -0.4 is 10.6 Å². The lowest BCUT2D eigenvalue weighted by molar-refractivity contribution is -0.144. The minimum atomic E-state index is -1.57. The van der Waals surface area contributed by atoms with E-state index in [1.54, 1.807) is 14.1 Å². The van der Waals surface area contributed by atoms with E-state index in [9.17, 15) is 24.6 Å². The summed E-state index contributed by atoms with van der Waals surface area (Å²) in [6, 6.07) is 7.12. The van der Waals surface area contributed by atoms with Crippen LogP contribution in [0.15, 0.2) is 42.0 Å². The number of hydrogen-bond acceptors (Lipinski definition) is 5. The molecule has 34 heavy (non-hydrogen) atoms. The molecule has 1 aromatic carbocycles. The van der Waals surface area contributed by atoms with Gasteiger partial charge in [0.15, 0.2) is 0 Å². The Bertz CT molecular complexity index is 887. The van der Waals surface area contributed by atoms with E-state index in [1.165, 1.54) is 31.7 Å². The zero-order chi connectivity index (χ0) is 26.4. The number of carbonyl (C=O) groups is 3. The summed E-state index contributed by atoms with van der Waals surface area (Å²) in [6.07, 6.45) is 1.52. The number of carboxylic acid groups (broad SMARTS) is 1. The molecule has 8 heteroatoms. The van der Waals surface area contributed by atoms with Gasteiger partial charge in [-0.2, -0.15) is 0 Å². The number of nitrogens with zero attached hydrogens (tertiary/aromatic N) is 1. The van der Waals surface area contributed by atoms with Crippen LogP contribution in [0.25, 0.3) is 0 Å². The van der Waals surface area contributed by atoms with Gasteiger partial charge in [-0.25, -0.2) is 4.79 Å². The van der Waals surface area contributed by atoms with Gasteiger partial charge in [-0.05, 0) is 39.3 Å². The summed E-state index contributed by atoms with van der Waals surface area (Å²) in [4.78, 5) is 39.6. The average Bonchev–Trinajstić information content (AvgIpc) is 2.74. The molecule has 0 aliphatic heterocycles. The Hall–Kier alpha value is -2.71. The van der Waals surface area contributed by atoms with Crippen LogP contribution in [0.4, 0.5) is 0 Å². The maximum Gasteiger partial charge on any atom is 0.331 e. The molecule has 0 bridgehead atoms. The number of amides is 2. The van der Waals surface area contributed by atoms with Crippen LogP contribution >= 0.6 is 0 Å².